The van der Waals surface area contributed by atoms with Crippen LogP contribution in [0.25, 0.3) is 0 Å². The van der Waals surface area contributed by atoms with Gasteiger partial charge < -0.3 is 29.4 Å². The van der Waals surface area contributed by atoms with Crippen molar-refractivity contribution in [2.45, 2.75) is 48.5 Å². The molecule has 6 nitrogen and oxygen atoms in total. The number of nitrogens with zero attached hydrogens (tertiary/aromatic N) is 6. The van der Waals surface area contributed by atoms with Gasteiger partial charge in [0.15, 0.2) is 8.07 Å². The van der Waals surface area contributed by atoms with Gasteiger partial charge in [-0.25, -0.2) is 0 Å². The van der Waals surface area contributed by atoms with E-state index >= 15 is 0 Å². The first kappa shape index (κ1) is 38.0. The van der Waals surface area contributed by atoms with Crippen molar-refractivity contribution in [1.82, 2.24) is 0 Å². The number of allylic oxidation sites excluding steroid dienone is 4. The second-order valence-corrected chi connectivity index (χ2v) is 19.2. The van der Waals surface area contributed by atoms with E-state index in [1.165, 1.54) is 83.1 Å². The van der Waals surface area contributed by atoms with Crippen LogP contribution >= 0.6 is 0 Å². The van der Waals surface area contributed by atoms with E-state index < -0.39 is 8.07 Å². The van der Waals surface area contributed by atoms with Gasteiger partial charge in [-0.1, -0.05) is 41.5 Å². The van der Waals surface area contributed by atoms with Crippen LogP contribution in [0.1, 0.15) is 44.4 Å². The second kappa shape index (κ2) is 13.8. The van der Waals surface area contributed by atoms with Crippen LogP contribution in [0.15, 0.2) is 58.3 Å². The number of benzene rings is 3. The van der Waals surface area contributed by atoms with Crippen molar-refractivity contribution in [3.8, 4) is 0 Å². The third kappa shape index (κ3) is 5.92. The summed E-state index contributed by atoms with van der Waals surface area (Å²) in [5.41, 5.74) is 16.1. The zero-order chi connectivity index (χ0) is 37.0. The lowest BCUT2D eigenvalue weighted by Crippen LogP contribution is -2.71. The van der Waals surface area contributed by atoms with E-state index in [1.54, 1.807) is 5.20 Å². The summed E-state index contributed by atoms with van der Waals surface area (Å²) in [5, 5.41) is 5.95. The van der Waals surface area contributed by atoms with Crippen molar-refractivity contribution in [1.29, 1.82) is 0 Å². The molecular weight excluding hydrogens is 617 g/mol. The highest BCUT2D eigenvalue weighted by Gasteiger charge is 2.53. The lowest BCUT2D eigenvalue weighted by Gasteiger charge is -2.45. The maximum atomic E-state index is 2.50. The fraction of sp³-hybridized carbons (Fsp3) is 0.476. The third-order valence-corrected chi connectivity index (χ3v) is 16.5. The molecule has 0 saturated carbocycles. The lowest BCUT2D eigenvalue weighted by atomic mass is 10.1. The third-order valence-electron chi connectivity index (χ3n) is 11.3. The topological polar surface area (TPSA) is 19.4 Å². The molecule has 0 fully saturated rings. The van der Waals surface area contributed by atoms with Crippen molar-refractivity contribution in [3.05, 3.63) is 75.0 Å². The predicted octanol–water partition coefficient (Wildman–Crippen LogP) is 6.32. The fourth-order valence-electron chi connectivity index (χ4n) is 9.00. The summed E-state index contributed by atoms with van der Waals surface area (Å²) >= 11 is 0. The molecule has 0 spiro atoms. The van der Waals surface area contributed by atoms with Crippen LogP contribution < -0.4 is 45.0 Å². The molecule has 0 amide bonds. The Morgan fingerprint density at radius 1 is 0.408 bits per heavy atom. The van der Waals surface area contributed by atoms with Gasteiger partial charge in [0.2, 0.25) is 0 Å². The highest BCUT2D eigenvalue weighted by Crippen LogP contribution is 2.45. The zero-order valence-electron chi connectivity index (χ0n) is 34.2. The predicted molar refractivity (Wildman–Crippen MR) is 224 cm³/mol. The highest BCUT2D eigenvalue weighted by molar-refractivity contribution is 7.18. The standard InChI is InChI=1S/C42H64N6Si/c1-26-27(2)29(4)42(28(26)3)49(36-23-20-33(43(8)9)30(5)39(36)46(14)15,37-24-21-34(44(10)11)31(6)40(37)47(16)17)38-25-22-35(45(12)13)32(7)41(38)48(18)19/h20-25,28H,1-19H3. The molecule has 0 N–H and O–H groups in total. The smallest absolute Gasteiger partial charge is 0.183 e. The summed E-state index contributed by atoms with van der Waals surface area (Å²) in [6, 6.07) is 14.7. The quantitative estimate of drug-likeness (QED) is 0.183. The Kier molecular flexibility index (Phi) is 10.7. The minimum Gasteiger partial charge on any atom is -0.377 e. The Bertz CT molecular complexity index is 1640. The Hall–Kier alpha value is -3.84. The lowest BCUT2D eigenvalue weighted by molar-refractivity contribution is 0.851. The van der Waals surface area contributed by atoms with Crippen molar-refractivity contribution < 1.29 is 0 Å². The van der Waals surface area contributed by atoms with Gasteiger partial charge in [-0.3, -0.25) is 0 Å². The normalized spacial score (nSPS) is 14.9. The van der Waals surface area contributed by atoms with E-state index in [0.29, 0.717) is 5.92 Å². The van der Waals surface area contributed by atoms with Gasteiger partial charge in [-0.2, -0.15) is 0 Å². The molecule has 1 unspecified atom stereocenters. The molecule has 1 atom stereocenters. The van der Waals surface area contributed by atoms with Gasteiger partial charge in [-0.05, 0) is 103 Å². The molecule has 0 saturated heterocycles. The molecule has 1 aliphatic carbocycles. The molecule has 1 aliphatic rings. The first-order chi connectivity index (χ1) is 22.7. The molecular formula is C42H64N6Si. The molecule has 0 aromatic heterocycles. The van der Waals surface area contributed by atoms with Crippen LogP contribution in [0.4, 0.5) is 34.1 Å². The zero-order valence-corrected chi connectivity index (χ0v) is 35.2. The molecule has 3 aromatic rings. The van der Waals surface area contributed by atoms with Crippen LogP contribution in [0, 0.1) is 26.7 Å². The van der Waals surface area contributed by atoms with Gasteiger partial charge >= 0.3 is 0 Å². The van der Waals surface area contributed by atoms with E-state index in [4.69, 9.17) is 0 Å². The Morgan fingerprint density at radius 3 is 0.898 bits per heavy atom. The Labute approximate surface area is 300 Å². The van der Waals surface area contributed by atoms with E-state index in [2.05, 4.69) is 199 Å². The largest absolute Gasteiger partial charge is 0.377 e. The van der Waals surface area contributed by atoms with Crippen LogP contribution in [0.3, 0.4) is 0 Å². The first-order valence-corrected chi connectivity index (χ1v) is 19.6. The number of anilines is 6. The molecule has 0 bridgehead atoms. The van der Waals surface area contributed by atoms with Crippen molar-refractivity contribution in [2.75, 3.05) is 114 Å². The van der Waals surface area contributed by atoms with Crippen molar-refractivity contribution in [2.24, 2.45) is 5.92 Å². The minimum atomic E-state index is -3.13. The van der Waals surface area contributed by atoms with Gasteiger partial charge in [0, 0.05) is 119 Å². The van der Waals surface area contributed by atoms with Crippen LogP contribution in [-0.4, -0.2) is 92.6 Å². The summed E-state index contributed by atoms with van der Waals surface area (Å²) in [4.78, 5) is 13.9. The van der Waals surface area contributed by atoms with Gasteiger partial charge in [0.1, 0.15) is 0 Å². The summed E-state index contributed by atoms with van der Waals surface area (Å²) in [6.07, 6.45) is 0. The minimum absolute atomic E-state index is 0.295. The van der Waals surface area contributed by atoms with E-state index in [-0.39, 0.29) is 0 Å². The average Bonchev–Trinajstić information content (AvgIpc) is 3.19. The number of hydrogen-bond donors (Lipinski definition) is 0. The van der Waals surface area contributed by atoms with Gasteiger partial charge in [0.05, 0.1) is 0 Å². The molecule has 0 radical (unpaired) electrons. The summed E-state index contributed by atoms with van der Waals surface area (Å²) in [6.45, 7) is 16.5. The van der Waals surface area contributed by atoms with Crippen LogP contribution in [0.2, 0.25) is 0 Å². The fourth-order valence-corrected chi connectivity index (χ4v) is 15.7. The maximum absolute atomic E-state index is 3.13. The summed E-state index contributed by atoms with van der Waals surface area (Å²) in [5.74, 6) is 0.295. The molecule has 49 heavy (non-hydrogen) atoms. The molecule has 266 valence electrons. The molecule has 0 aliphatic heterocycles. The van der Waals surface area contributed by atoms with E-state index in [9.17, 15) is 0 Å². The van der Waals surface area contributed by atoms with E-state index in [0.717, 1.165) is 0 Å². The highest BCUT2D eigenvalue weighted by atomic mass is 28.3. The van der Waals surface area contributed by atoms with Crippen LogP contribution in [0.5, 0.6) is 0 Å². The SMILES string of the molecule is CC1=C(C)C(C)C([Si](c2ccc(N(C)C)c(C)c2N(C)C)(c2ccc(N(C)C)c(C)c2N(C)C)c2ccc(N(C)C)c(C)c2N(C)C)=C1C. The molecule has 4 rings (SSSR count). The summed E-state index contributed by atoms with van der Waals surface area (Å²) < 4.78 is 0. The van der Waals surface area contributed by atoms with E-state index in [1.807, 2.05) is 0 Å². The Morgan fingerprint density at radius 2 is 0.694 bits per heavy atom. The number of hydrogen-bond acceptors (Lipinski definition) is 6. The van der Waals surface area contributed by atoms with Crippen molar-refractivity contribution >= 4 is 57.8 Å². The van der Waals surface area contributed by atoms with Gasteiger partial charge in [-0.15, -0.1) is 0 Å². The first-order valence-electron chi connectivity index (χ1n) is 17.6. The summed E-state index contributed by atoms with van der Waals surface area (Å²) in [7, 11) is 23.3. The molecule has 0 heterocycles. The maximum Gasteiger partial charge on any atom is 0.183 e. The van der Waals surface area contributed by atoms with Crippen molar-refractivity contribution in [3.63, 3.8) is 0 Å². The monoisotopic (exact) mass is 680 g/mol. The van der Waals surface area contributed by atoms with Gasteiger partial charge in [0.25, 0.3) is 0 Å². The molecule has 3 aromatic carbocycles. The second-order valence-electron chi connectivity index (χ2n) is 15.5. The number of rotatable bonds is 10. The average molecular weight is 681 g/mol. The van der Waals surface area contributed by atoms with Crippen LogP contribution in [-0.2, 0) is 0 Å². The molecule has 7 heteroatoms. The Balaban J connectivity index is 2.53.